The summed E-state index contributed by atoms with van der Waals surface area (Å²) in [6.07, 6.45) is 7.12. The molecule has 2 amide bonds. The molecule has 0 saturated carbocycles. The number of hydrogen-bond acceptors (Lipinski definition) is 3. The van der Waals surface area contributed by atoms with Crippen molar-refractivity contribution in [3.8, 4) is 0 Å². The molecule has 3 aliphatic rings. The minimum absolute atomic E-state index is 0. The molecular weight excluding hydrogens is 374 g/mol. The standard InChI is InChI=1S/C22H31N3O2.ClH/c26-21(14-17-12-19-6-7-20(13-17)24-19)25-10-8-18(9-11-25)22(27)23-15-16-4-2-1-3-5-16;/h1-5,17-20,24H,6-15H2,(H,23,27);1H. The van der Waals surface area contributed by atoms with Gasteiger partial charge in [0.05, 0.1) is 0 Å². The Labute approximate surface area is 174 Å². The minimum atomic E-state index is 0. The summed E-state index contributed by atoms with van der Waals surface area (Å²) >= 11 is 0. The third-order valence-electron chi connectivity index (χ3n) is 6.56. The average Bonchev–Trinajstić information content (AvgIpc) is 3.05. The van der Waals surface area contributed by atoms with Crippen LogP contribution in [-0.4, -0.2) is 41.9 Å². The van der Waals surface area contributed by atoms with Crippen molar-refractivity contribution in [1.29, 1.82) is 0 Å². The van der Waals surface area contributed by atoms with Crippen LogP contribution in [0.5, 0.6) is 0 Å². The quantitative estimate of drug-likeness (QED) is 0.791. The molecule has 3 saturated heterocycles. The number of rotatable bonds is 5. The molecule has 6 heteroatoms. The Balaban J connectivity index is 0.00000225. The van der Waals surface area contributed by atoms with E-state index in [1.807, 2.05) is 35.2 Å². The van der Waals surface area contributed by atoms with Gasteiger partial charge in [-0.2, -0.15) is 0 Å². The number of halogens is 1. The van der Waals surface area contributed by atoms with Gasteiger partial charge in [0.15, 0.2) is 0 Å². The van der Waals surface area contributed by atoms with Crippen molar-refractivity contribution in [3.63, 3.8) is 0 Å². The number of carbonyl (C=O) groups is 2. The summed E-state index contributed by atoms with van der Waals surface area (Å²) < 4.78 is 0. The Bertz CT molecular complexity index is 649. The Hall–Kier alpha value is -1.59. The van der Waals surface area contributed by atoms with E-state index >= 15 is 0 Å². The molecule has 5 nitrogen and oxygen atoms in total. The highest BCUT2D eigenvalue weighted by Crippen LogP contribution is 2.33. The third kappa shape index (κ3) is 5.26. The summed E-state index contributed by atoms with van der Waals surface area (Å²) in [4.78, 5) is 27.1. The highest BCUT2D eigenvalue weighted by Gasteiger charge is 2.35. The first-order chi connectivity index (χ1) is 13.2. The van der Waals surface area contributed by atoms with E-state index in [1.54, 1.807) is 0 Å². The summed E-state index contributed by atoms with van der Waals surface area (Å²) in [6.45, 7) is 2.02. The summed E-state index contributed by atoms with van der Waals surface area (Å²) in [6, 6.07) is 11.3. The van der Waals surface area contributed by atoms with E-state index in [4.69, 9.17) is 0 Å². The SMILES string of the molecule is Cl.O=C(NCc1ccccc1)C1CCN(C(=O)CC2CC3CCC(C2)N3)CC1. The third-order valence-corrected chi connectivity index (χ3v) is 6.56. The van der Waals surface area contributed by atoms with Gasteiger partial charge < -0.3 is 15.5 Å². The van der Waals surface area contributed by atoms with Gasteiger partial charge in [0.1, 0.15) is 0 Å². The maximum Gasteiger partial charge on any atom is 0.223 e. The lowest BCUT2D eigenvalue weighted by Gasteiger charge is -2.34. The number of amides is 2. The van der Waals surface area contributed by atoms with Gasteiger partial charge in [0.2, 0.25) is 11.8 Å². The number of carbonyl (C=O) groups excluding carboxylic acids is 2. The maximum absolute atomic E-state index is 12.7. The van der Waals surface area contributed by atoms with Gasteiger partial charge >= 0.3 is 0 Å². The van der Waals surface area contributed by atoms with Crippen LogP contribution in [0.4, 0.5) is 0 Å². The first-order valence-electron chi connectivity index (χ1n) is 10.5. The molecule has 0 spiro atoms. The van der Waals surface area contributed by atoms with Crippen LogP contribution in [0.25, 0.3) is 0 Å². The summed E-state index contributed by atoms with van der Waals surface area (Å²) in [5.41, 5.74) is 1.12. The van der Waals surface area contributed by atoms with Crippen LogP contribution in [0.15, 0.2) is 30.3 Å². The molecule has 154 valence electrons. The minimum Gasteiger partial charge on any atom is -0.352 e. The number of fused-ring (bicyclic) bond motifs is 2. The molecule has 2 unspecified atom stereocenters. The smallest absolute Gasteiger partial charge is 0.223 e. The van der Waals surface area contributed by atoms with Gasteiger partial charge in [0, 0.05) is 44.1 Å². The van der Waals surface area contributed by atoms with Crippen molar-refractivity contribution < 1.29 is 9.59 Å². The van der Waals surface area contributed by atoms with E-state index in [1.165, 1.54) is 12.8 Å². The van der Waals surface area contributed by atoms with Crippen molar-refractivity contribution in [3.05, 3.63) is 35.9 Å². The van der Waals surface area contributed by atoms with E-state index < -0.39 is 0 Å². The Morgan fingerprint density at radius 2 is 1.64 bits per heavy atom. The Morgan fingerprint density at radius 3 is 2.29 bits per heavy atom. The van der Waals surface area contributed by atoms with Crippen molar-refractivity contribution in [2.75, 3.05) is 13.1 Å². The van der Waals surface area contributed by atoms with E-state index in [2.05, 4.69) is 10.6 Å². The molecular formula is C22H32ClN3O2. The Kier molecular flexibility index (Phi) is 7.36. The average molecular weight is 406 g/mol. The molecule has 28 heavy (non-hydrogen) atoms. The summed E-state index contributed by atoms with van der Waals surface area (Å²) in [5.74, 6) is 1.00. The lowest BCUT2D eigenvalue weighted by atomic mass is 9.88. The van der Waals surface area contributed by atoms with Crippen molar-refractivity contribution >= 4 is 24.2 Å². The second-order valence-electron chi connectivity index (χ2n) is 8.54. The number of piperidine rings is 2. The number of hydrogen-bond donors (Lipinski definition) is 2. The predicted molar refractivity (Wildman–Crippen MR) is 112 cm³/mol. The molecule has 2 atom stereocenters. The lowest BCUT2D eigenvalue weighted by molar-refractivity contribution is -0.136. The molecule has 3 heterocycles. The Morgan fingerprint density at radius 1 is 1.00 bits per heavy atom. The second kappa shape index (κ2) is 9.75. The first kappa shape index (κ1) is 21.1. The van der Waals surface area contributed by atoms with Crippen molar-refractivity contribution in [2.45, 2.75) is 63.6 Å². The van der Waals surface area contributed by atoms with Crippen molar-refractivity contribution in [1.82, 2.24) is 15.5 Å². The lowest BCUT2D eigenvalue weighted by Crippen LogP contribution is -2.44. The molecule has 3 aliphatic heterocycles. The van der Waals surface area contributed by atoms with Gasteiger partial charge in [-0.15, -0.1) is 12.4 Å². The van der Waals surface area contributed by atoms with E-state index in [-0.39, 0.29) is 24.2 Å². The number of likely N-dealkylation sites (tertiary alicyclic amines) is 1. The monoisotopic (exact) mass is 405 g/mol. The zero-order chi connectivity index (χ0) is 18.6. The second-order valence-corrected chi connectivity index (χ2v) is 8.54. The van der Waals surface area contributed by atoms with Crippen LogP contribution in [0, 0.1) is 11.8 Å². The van der Waals surface area contributed by atoms with Gasteiger partial charge in [-0.05, 0) is 50.0 Å². The van der Waals surface area contributed by atoms with Gasteiger partial charge in [-0.1, -0.05) is 30.3 Å². The fraction of sp³-hybridized carbons (Fsp3) is 0.636. The van der Waals surface area contributed by atoms with Crippen LogP contribution in [-0.2, 0) is 16.1 Å². The molecule has 1 aromatic rings. The van der Waals surface area contributed by atoms with Gasteiger partial charge in [-0.3, -0.25) is 9.59 Å². The molecule has 3 fully saturated rings. The summed E-state index contributed by atoms with van der Waals surface area (Å²) in [5, 5.41) is 6.69. The van der Waals surface area contributed by atoms with E-state index in [0.29, 0.717) is 36.9 Å². The maximum atomic E-state index is 12.7. The molecule has 2 N–H and O–H groups in total. The molecule has 2 bridgehead atoms. The highest BCUT2D eigenvalue weighted by atomic mass is 35.5. The summed E-state index contributed by atoms with van der Waals surface area (Å²) in [7, 11) is 0. The molecule has 0 aromatic heterocycles. The number of nitrogens with zero attached hydrogens (tertiary/aromatic N) is 1. The molecule has 1 aromatic carbocycles. The topological polar surface area (TPSA) is 61.4 Å². The zero-order valence-electron chi connectivity index (χ0n) is 16.4. The van der Waals surface area contributed by atoms with Crippen LogP contribution >= 0.6 is 12.4 Å². The van der Waals surface area contributed by atoms with Crippen LogP contribution in [0.3, 0.4) is 0 Å². The fourth-order valence-electron chi connectivity index (χ4n) is 5.04. The van der Waals surface area contributed by atoms with E-state index in [9.17, 15) is 9.59 Å². The normalized spacial score (nSPS) is 27.1. The van der Waals surface area contributed by atoms with Crippen LogP contribution < -0.4 is 10.6 Å². The number of benzene rings is 1. The highest BCUT2D eigenvalue weighted by molar-refractivity contribution is 5.85. The van der Waals surface area contributed by atoms with Crippen LogP contribution in [0.1, 0.15) is 50.5 Å². The zero-order valence-corrected chi connectivity index (χ0v) is 17.3. The molecule has 0 aliphatic carbocycles. The first-order valence-corrected chi connectivity index (χ1v) is 10.5. The van der Waals surface area contributed by atoms with Crippen LogP contribution in [0.2, 0.25) is 0 Å². The largest absolute Gasteiger partial charge is 0.352 e. The van der Waals surface area contributed by atoms with Gasteiger partial charge in [-0.25, -0.2) is 0 Å². The molecule has 0 radical (unpaired) electrons. The van der Waals surface area contributed by atoms with E-state index in [0.717, 1.165) is 44.3 Å². The fourth-order valence-corrected chi connectivity index (χ4v) is 5.04. The molecule has 4 rings (SSSR count). The van der Waals surface area contributed by atoms with Crippen molar-refractivity contribution in [2.24, 2.45) is 11.8 Å². The van der Waals surface area contributed by atoms with Gasteiger partial charge in [0.25, 0.3) is 0 Å². The predicted octanol–water partition coefficient (Wildman–Crippen LogP) is 2.88. The number of nitrogens with one attached hydrogen (secondary N) is 2.